The van der Waals surface area contributed by atoms with Crippen LogP contribution in [0.3, 0.4) is 0 Å². The zero-order chi connectivity index (χ0) is 14.9. The van der Waals surface area contributed by atoms with Crippen LogP contribution < -0.4 is 10.5 Å². The van der Waals surface area contributed by atoms with Crippen LogP contribution in [0.2, 0.25) is 5.02 Å². The summed E-state index contributed by atoms with van der Waals surface area (Å²) < 4.78 is 27.3. The van der Waals surface area contributed by atoms with Crippen molar-refractivity contribution in [2.24, 2.45) is 0 Å². The summed E-state index contributed by atoms with van der Waals surface area (Å²) in [5.74, 6) is 0.0782. The average molecular weight is 312 g/mol. The summed E-state index contributed by atoms with van der Waals surface area (Å²) in [4.78, 5) is 3.96. The predicted molar refractivity (Wildman–Crippen MR) is 80.4 cm³/mol. The topological polar surface area (TPSA) is 85.1 Å². The van der Waals surface area contributed by atoms with Crippen molar-refractivity contribution in [3.05, 3.63) is 46.6 Å². The highest BCUT2D eigenvalue weighted by Crippen LogP contribution is 2.28. The van der Waals surface area contributed by atoms with Crippen molar-refractivity contribution in [1.29, 1.82) is 0 Å². The second kappa shape index (κ2) is 5.30. The van der Waals surface area contributed by atoms with Gasteiger partial charge in [0.15, 0.2) is 5.82 Å². The monoisotopic (exact) mass is 311 g/mol. The first-order valence-electron chi connectivity index (χ1n) is 5.82. The van der Waals surface area contributed by atoms with Gasteiger partial charge in [-0.2, -0.15) is 0 Å². The van der Waals surface area contributed by atoms with E-state index in [0.717, 1.165) is 0 Å². The molecule has 2 rings (SSSR count). The number of aromatic nitrogens is 1. The van der Waals surface area contributed by atoms with Gasteiger partial charge in [-0.3, -0.25) is 4.72 Å². The fraction of sp³-hybridized carbons (Fsp3) is 0.154. The number of hydrogen-bond donors (Lipinski definition) is 2. The number of nitrogens with one attached hydrogen (secondary N) is 1. The Hall–Kier alpha value is -1.79. The lowest BCUT2D eigenvalue weighted by molar-refractivity contribution is 0.601. The minimum atomic E-state index is -3.84. The molecular formula is C13H14ClN3O2S. The third kappa shape index (κ3) is 2.71. The molecule has 1 aromatic carbocycles. The lowest BCUT2D eigenvalue weighted by Gasteiger charge is -2.14. The molecule has 0 radical (unpaired) electrons. The second-order valence-corrected chi connectivity index (χ2v) is 6.41. The summed E-state index contributed by atoms with van der Waals surface area (Å²) in [5, 5.41) is 0.222. The molecule has 0 atom stereocenters. The molecule has 0 aliphatic heterocycles. The Morgan fingerprint density at radius 3 is 2.50 bits per heavy atom. The Bertz CT molecular complexity index is 760. The highest BCUT2D eigenvalue weighted by molar-refractivity contribution is 7.93. The first kappa shape index (κ1) is 14.6. The standard InChI is InChI=1S/C13H14ClN3O2S/c1-8-5-6-9(2)12(11(8)15)20(18,19)17-13-10(14)4-3-7-16-13/h3-7H,15H2,1-2H3,(H,16,17). The van der Waals surface area contributed by atoms with Gasteiger partial charge in [-0.1, -0.05) is 23.7 Å². The molecule has 0 aliphatic rings. The van der Waals surface area contributed by atoms with Crippen LogP contribution in [0, 0.1) is 13.8 Å². The summed E-state index contributed by atoms with van der Waals surface area (Å²) in [7, 11) is -3.84. The Morgan fingerprint density at radius 1 is 1.20 bits per heavy atom. The molecule has 1 heterocycles. The molecule has 3 N–H and O–H groups in total. The number of hydrogen-bond acceptors (Lipinski definition) is 4. The Morgan fingerprint density at radius 2 is 1.85 bits per heavy atom. The molecule has 0 bridgehead atoms. The smallest absolute Gasteiger partial charge is 0.265 e. The van der Waals surface area contributed by atoms with Gasteiger partial charge in [0, 0.05) is 6.20 Å². The number of benzene rings is 1. The number of pyridine rings is 1. The quantitative estimate of drug-likeness (QED) is 0.853. The molecule has 0 saturated heterocycles. The third-order valence-corrected chi connectivity index (χ3v) is 4.72. The van der Waals surface area contributed by atoms with Crippen LogP contribution >= 0.6 is 11.6 Å². The van der Waals surface area contributed by atoms with Crippen LogP contribution in [0.25, 0.3) is 0 Å². The lowest BCUT2D eigenvalue weighted by Crippen LogP contribution is -2.17. The van der Waals surface area contributed by atoms with Gasteiger partial charge < -0.3 is 5.73 Å². The molecule has 106 valence electrons. The van der Waals surface area contributed by atoms with E-state index in [1.54, 1.807) is 38.1 Å². The fourth-order valence-corrected chi connectivity index (χ4v) is 3.49. The zero-order valence-electron chi connectivity index (χ0n) is 11.0. The van der Waals surface area contributed by atoms with Crippen molar-refractivity contribution in [2.45, 2.75) is 18.7 Å². The van der Waals surface area contributed by atoms with Crippen molar-refractivity contribution in [3.63, 3.8) is 0 Å². The first-order chi connectivity index (χ1) is 9.33. The Balaban J connectivity index is 2.52. The van der Waals surface area contributed by atoms with Crippen molar-refractivity contribution in [1.82, 2.24) is 4.98 Å². The van der Waals surface area contributed by atoms with E-state index in [2.05, 4.69) is 9.71 Å². The number of sulfonamides is 1. The van der Waals surface area contributed by atoms with E-state index >= 15 is 0 Å². The number of halogens is 1. The van der Waals surface area contributed by atoms with Crippen LogP contribution in [0.4, 0.5) is 11.5 Å². The normalized spacial score (nSPS) is 11.3. The van der Waals surface area contributed by atoms with E-state index in [4.69, 9.17) is 17.3 Å². The molecule has 0 unspecified atom stereocenters. The largest absolute Gasteiger partial charge is 0.397 e. The summed E-state index contributed by atoms with van der Waals surface area (Å²) in [6.45, 7) is 3.44. The predicted octanol–water partition coefficient (Wildman–Crippen LogP) is 2.73. The van der Waals surface area contributed by atoms with Crippen LogP contribution in [-0.2, 0) is 10.0 Å². The van der Waals surface area contributed by atoms with Crippen LogP contribution in [0.5, 0.6) is 0 Å². The van der Waals surface area contributed by atoms with Crippen LogP contribution in [0.15, 0.2) is 35.4 Å². The van der Waals surface area contributed by atoms with Gasteiger partial charge in [-0.05, 0) is 37.1 Å². The van der Waals surface area contributed by atoms with Gasteiger partial charge in [0.05, 0.1) is 10.7 Å². The fourth-order valence-electron chi connectivity index (χ4n) is 1.80. The van der Waals surface area contributed by atoms with Crippen molar-refractivity contribution >= 4 is 33.1 Å². The molecule has 7 heteroatoms. The highest BCUT2D eigenvalue weighted by Gasteiger charge is 2.22. The van der Waals surface area contributed by atoms with Crippen LogP contribution in [-0.4, -0.2) is 13.4 Å². The maximum Gasteiger partial charge on any atom is 0.265 e. The minimum Gasteiger partial charge on any atom is -0.397 e. The van der Waals surface area contributed by atoms with E-state index < -0.39 is 10.0 Å². The molecule has 2 aromatic rings. The van der Waals surface area contributed by atoms with Gasteiger partial charge in [-0.15, -0.1) is 0 Å². The Kier molecular flexibility index (Phi) is 3.87. The highest BCUT2D eigenvalue weighted by atomic mass is 35.5. The van der Waals surface area contributed by atoms with Crippen molar-refractivity contribution < 1.29 is 8.42 Å². The molecule has 0 amide bonds. The molecule has 0 saturated carbocycles. The number of nitrogens with zero attached hydrogens (tertiary/aromatic N) is 1. The maximum absolute atomic E-state index is 12.5. The lowest BCUT2D eigenvalue weighted by atomic mass is 10.1. The number of anilines is 2. The molecule has 1 aromatic heterocycles. The molecule has 0 spiro atoms. The zero-order valence-corrected chi connectivity index (χ0v) is 12.6. The Labute approximate surface area is 122 Å². The van der Waals surface area contributed by atoms with Gasteiger partial charge in [0.1, 0.15) is 4.90 Å². The van der Waals surface area contributed by atoms with Gasteiger partial charge in [-0.25, -0.2) is 13.4 Å². The van der Waals surface area contributed by atoms with Gasteiger partial charge in [0.2, 0.25) is 0 Å². The third-order valence-electron chi connectivity index (χ3n) is 2.87. The molecular weight excluding hydrogens is 298 g/mol. The van der Waals surface area contributed by atoms with Crippen molar-refractivity contribution in [3.8, 4) is 0 Å². The summed E-state index contributed by atoms with van der Waals surface area (Å²) in [5.41, 5.74) is 7.38. The first-order valence-corrected chi connectivity index (χ1v) is 7.68. The average Bonchev–Trinajstić information content (AvgIpc) is 2.37. The van der Waals surface area contributed by atoms with Gasteiger partial charge in [0.25, 0.3) is 10.0 Å². The molecule has 0 fully saturated rings. The van der Waals surface area contributed by atoms with E-state index in [0.29, 0.717) is 11.1 Å². The summed E-state index contributed by atoms with van der Waals surface area (Å²) in [6, 6.07) is 6.66. The van der Waals surface area contributed by atoms with E-state index in [1.165, 1.54) is 6.20 Å². The van der Waals surface area contributed by atoms with Crippen molar-refractivity contribution in [2.75, 3.05) is 10.5 Å². The summed E-state index contributed by atoms with van der Waals surface area (Å²) in [6.07, 6.45) is 1.45. The maximum atomic E-state index is 12.5. The van der Waals surface area contributed by atoms with Gasteiger partial charge >= 0.3 is 0 Å². The SMILES string of the molecule is Cc1ccc(C)c(S(=O)(=O)Nc2ncccc2Cl)c1N. The molecule has 20 heavy (non-hydrogen) atoms. The molecule has 5 nitrogen and oxygen atoms in total. The number of aryl methyl sites for hydroxylation is 2. The number of nitrogen functional groups attached to an aromatic ring is 1. The number of rotatable bonds is 3. The second-order valence-electron chi connectivity index (χ2n) is 4.38. The van der Waals surface area contributed by atoms with Crippen LogP contribution in [0.1, 0.15) is 11.1 Å². The summed E-state index contributed by atoms with van der Waals surface area (Å²) >= 11 is 5.91. The minimum absolute atomic E-state index is 0.0548. The van der Waals surface area contributed by atoms with E-state index in [-0.39, 0.29) is 21.4 Å². The van der Waals surface area contributed by atoms with E-state index in [1.807, 2.05) is 0 Å². The molecule has 0 aliphatic carbocycles. The van der Waals surface area contributed by atoms with E-state index in [9.17, 15) is 8.42 Å². The number of nitrogens with two attached hydrogens (primary N) is 1.